The van der Waals surface area contributed by atoms with Gasteiger partial charge >= 0.3 is 0 Å². The molecule has 0 aliphatic carbocycles. The average molecular weight is 939 g/mol. The quantitative estimate of drug-likeness (QED) is 0.0364. The molecule has 0 heterocycles. The van der Waals surface area contributed by atoms with Crippen LogP contribution in [0, 0.1) is 12.8 Å². The SMILES string of the molecule is CCCCCCCCC(C=O)CCCCCC.CCCCCCCCC(O)CCCCCC.[CH2-]CCCCCN(CCCCCCOC)C(CC)CO.[W]. The second-order valence-electron chi connectivity index (χ2n) is 16.0. The first-order valence-electron chi connectivity index (χ1n) is 23.7. The molecule has 0 rings (SSSR count). The van der Waals surface area contributed by atoms with Gasteiger partial charge in [0.2, 0.25) is 0 Å². The maximum Gasteiger partial charge on any atom is 0.123 e. The summed E-state index contributed by atoms with van der Waals surface area (Å²) in [5.74, 6) is 0.345. The Hall–Kier alpha value is 0.198. The van der Waals surface area contributed by atoms with Gasteiger partial charge in [-0.3, -0.25) is 4.90 Å². The van der Waals surface area contributed by atoms with Gasteiger partial charge in [-0.15, -0.1) is 0 Å². The Bertz CT molecular complexity index is 636. The Labute approximate surface area is 355 Å². The van der Waals surface area contributed by atoms with Crippen molar-refractivity contribution in [2.24, 2.45) is 5.92 Å². The molecular weight excluding hydrogens is 838 g/mol. The van der Waals surface area contributed by atoms with Crippen molar-refractivity contribution in [3.8, 4) is 0 Å². The van der Waals surface area contributed by atoms with E-state index in [1.807, 2.05) is 0 Å². The van der Waals surface area contributed by atoms with Crippen LogP contribution in [0.5, 0.6) is 0 Å². The second-order valence-corrected chi connectivity index (χ2v) is 16.0. The van der Waals surface area contributed by atoms with Crippen LogP contribution >= 0.6 is 0 Å². The number of unbranched alkanes of at least 4 members (excludes halogenated alkanes) is 22. The topological polar surface area (TPSA) is 70.0 Å². The monoisotopic (exact) mass is 939 g/mol. The second kappa shape index (κ2) is 55.3. The summed E-state index contributed by atoms with van der Waals surface area (Å²) in [4.78, 5) is 13.4. The van der Waals surface area contributed by atoms with E-state index in [-0.39, 0.29) is 33.8 Å². The number of methoxy groups -OCH3 is 1. The summed E-state index contributed by atoms with van der Waals surface area (Å²) in [7, 11) is 1.76. The van der Waals surface area contributed by atoms with E-state index < -0.39 is 0 Å². The van der Waals surface area contributed by atoms with E-state index >= 15 is 0 Å². The number of hydrogen-bond donors (Lipinski definition) is 2. The zero-order valence-electron chi connectivity index (χ0n) is 37.7. The first-order chi connectivity index (χ1) is 25.9. The minimum Gasteiger partial charge on any atom is -0.395 e. The summed E-state index contributed by atoms with van der Waals surface area (Å²) in [6, 6.07) is 0.341. The van der Waals surface area contributed by atoms with Crippen LogP contribution in [0.25, 0.3) is 0 Å². The molecule has 0 aliphatic rings. The summed E-state index contributed by atoms with van der Waals surface area (Å²) in [6.45, 7) is 18.4. The molecule has 0 aromatic heterocycles. The van der Waals surface area contributed by atoms with Gasteiger partial charge in [0, 0.05) is 46.7 Å². The predicted octanol–water partition coefficient (Wildman–Crippen LogP) is 14.2. The van der Waals surface area contributed by atoms with Crippen LogP contribution in [0.4, 0.5) is 0 Å². The van der Waals surface area contributed by atoms with Gasteiger partial charge in [0.25, 0.3) is 0 Å². The van der Waals surface area contributed by atoms with E-state index in [1.165, 1.54) is 173 Å². The Morgan fingerprint density at radius 2 is 0.926 bits per heavy atom. The smallest absolute Gasteiger partial charge is 0.123 e. The molecule has 0 aliphatic heterocycles. The van der Waals surface area contributed by atoms with E-state index in [0.717, 1.165) is 64.6 Å². The maximum atomic E-state index is 10.9. The van der Waals surface area contributed by atoms with Crippen LogP contribution in [0.2, 0.25) is 0 Å². The minimum absolute atomic E-state index is 0. The molecule has 6 heteroatoms. The molecule has 54 heavy (non-hydrogen) atoms. The number of aliphatic hydroxyl groups is 2. The van der Waals surface area contributed by atoms with Crippen molar-refractivity contribution in [1.29, 1.82) is 0 Å². The zero-order valence-corrected chi connectivity index (χ0v) is 40.7. The number of ether oxygens (including phenoxy) is 1. The molecule has 328 valence electrons. The molecule has 0 spiro atoms. The number of carbonyl (C=O) groups excluding carboxylic acids is 1. The van der Waals surface area contributed by atoms with Crippen molar-refractivity contribution in [1.82, 2.24) is 4.90 Å². The fourth-order valence-corrected chi connectivity index (χ4v) is 6.97. The van der Waals surface area contributed by atoms with Crippen molar-refractivity contribution in [2.75, 3.05) is 33.4 Å². The Kier molecular flexibility index (Phi) is 62.3. The predicted molar refractivity (Wildman–Crippen MR) is 236 cm³/mol. The summed E-state index contributed by atoms with van der Waals surface area (Å²) in [5, 5.41) is 19.3. The van der Waals surface area contributed by atoms with Gasteiger partial charge < -0.3 is 26.7 Å². The van der Waals surface area contributed by atoms with Gasteiger partial charge in [-0.25, -0.2) is 0 Å². The number of rotatable bonds is 40. The molecule has 3 atom stereocenters. The Balaban J connectivity index is -0.000000346. The standard InChI is InChI=1S/C17H36NO2.C16H32O.C15H32O.W/c1-4-6-7-10-13-18(17(5-2)16-19)14-11-8-9-12-15-20-3;1-3-5-7-9-10-12-14-16(15-17)13-11-8-6-4-2;1-3-5-7-9-10-12-14-15(16)13-11-8-6-4-2;/h17,19H,1,4-16H2,2-3H3;15-16H,3-14H2,1-2H3;15-16H,3-14H2,1-2H3;/q-1;;;. The molecule has 0 fully saturated rings. The molecule has 0 aromatic carbocycles. The normalized spacial score (nSPS) is 12.6. The van der Waals surface area contributed by atoms with Crippen molar-refractivity contribution >= 4 is 6.29 Å². The van der Waals surface area contributed by atoms with Gasteiger partial charge in [-0.2, -0.15) is 6.42 Å². The Morgan fingerprint density at radius 3 is 1.31 bits per heavy atom. The zero-order chi connectivity index (χ0) is 39.9. The third kappa shape index (κ3) is 50.2. The third-order valence-electron chi connectivity index (χ3n) is 10.8. The molecule has 2 N–H and O–H groups in total. The van der Waals surface area contributed by atoms with Crippen LogP contribution < -0.4 is 0 Å². The average Bonchev–Trinajstić information content (AvgIpc) is 3.17. The van der Waals surface area contributed by atoms with Crippen molar-refractivity contribution in [3.05, 3.63) is 6.92 Å². The number of nitrogens with zero attached hydrogens (tertiary/aromatic N) is 1. The van der Waals surface area contributed by atoms with Crippen LogP contribution in [-0.4, -0.2) is 67.0 Å². The summed E-state index contributed by atoms with van der Waals surface area (Å²) >= 11 is 0. The first kappa shape index (κ1) is 60.9. The van der Waals surface area contributed by atoms with E-state index in [2.05, 4.69) is 46.4 Å². The van der Waals surface area contributed by atoms with E-state index in [0.29, 0.717) is 12.0 Å². The van der Waals surface area contributed by atoms with Gasteiger partial charge in [0.1, 0.15) is 6.29 Å². The number of carbonyl (C=O) groups is 1. The molecule has 0 saturated heterocycles. The van der Waals surface area contributed by atoms with E-state index in [1.54, 1.807) is 7.11 Å². The van der Waals surface area contributed by atoms with E-state index in [4.69, 9.17) is 4.74 Å². The summed E-state index contributed by atoms with van der Waals surface area (Å²) in [5.41, 5.74) is 0. The largest absolute Gasteiger partial charge is 0.395 e. The number of hydrogen-bond acceptors (Lipinski definition) is 5. The van der Waals surface area contributed by atoms with Gasteiger partial charge in [0.15, 0.2) is 0 Å². The molecule has 0 radical (unpaired) electrons. The summed E-state index contributed by atoms with van der Waals surface area (Å²) in [6.07, 6.45) is 42.4. The van der Waals surface area contributed by atoms with Crippen molar-refractivity contribution in [2.45, 2.75) is 259 Å². The van der Waals surface area contributed by atoms with Crippen LogP contribution in [0.1, 0.15) is 247 Å². The fraction of sp³-hybridized carbons (Fsp3) is 0.958. The molecule has 0 bridgehead atoms. The van der Waals surface area contributed by atoms with Crippen LogP contribution in [0.15, 0.2) is 0 Å². The Morgan fingerprint density at radius 1 is 0.556 bits per heavy atom. The molecule has 0 aromatic rings. The maximum absolute atomic E-state index is 10.9. The molecule has 0 saturated carbocycles. The van der Waals surface area contributed by atoms with Crippen LogP contribution in [0.3, 0.4) is 0 Å². The first-order valence-corrected chi connectivity index (χ1v) is 23.7. The van der Waals surface area contributed by atoms with Gasteiger partial charge in [-0.05, 0) is 64.5 Å². The van der Waals surface area contributed by atoms with Gasteiger partial charge in [-0.1, -0.05) is 189 Å². The number of aldehydes is 1. The van der Waals surface area contributed by atoms with Crippen molar-refractivity contribution in [3.63, 3.8) is 0 Å². The van der Waals surface area contributed by atoms with Gasteiger partial charge in [0.05, 0.1) is 12.7 Å². The van der Waals surface area contributed by atoms with Crippen molar-refractivity contribution < 1.29 is 40.8 Å². The summed E-state index contributed by atoms with van der Waals surface area (Å²) < 4.78 is 5.07. The molecule has 5 nitrogen and oxygen atoms in total. The number of aliphatic hydroxyl groups excluding tert-OH is 2. The molecule has 3 unspecified atom stereocenters. The minimum atomic E-state index is -0.0250. The molecule has 0 amide bonds. The fourth-order valence-electron chi connectivity index (χ4n) is 6.97. The molecular formula is C48H100NO4W-. The third-order valence-corrected chi connectivity index (χ3v) is 10.8. The van der Waals surface area contributed by atoms with E-state index in [9.17, 15) is 15.0 Å². The van der Waals surface area contributed by atoms with Crippen LogP contribution in [-0.2, 0) is 30.6 Å².